The van der Waals surface area contributed by atoms with Crippen LogP contribution in [0.4, 0.5) is 5.69 Å². The van der Waals surface area contributed by atoms with Crippen molar-refractivity contribution in [3.05, 3.63) is 48.0 Å². The molecule has 0 radical (unpaired) electrons. The van der Waals surface area contributed by atoms with Crippen molar-refractivity contribution in [2.75, 3.05) is 52.7 Å². The predicted molar refractivity (Wildman–Crippen MR) is 109 cm³/mol. The van der Waals surface area contributed by atoms with Crippen molar-refractivity contribution in [3.63, 3.8) is 0 Å². The first kappa shape index (κ1) is 19.4. The molecule has 0 unspecified atom stereocenters. The van der Waals surface area contributed by atoms with Gasteiger partial charge in [-0.05, 0) is 45.1 Å². The monoisotopic (exact) mass is 369 g/mol. The Balaban J connectivity index is 1.61. The van der Waals surface area contributed by atoms with E-state index < -0.39 is 0 Å². The average molecular weight is 370 g/mol. The fourth-order valence-corrected chi connectivity index (χ4v) is 3.62. The number of aromatic nitrogens is 2. The van der Waals surface area contributed by atoms with Gasteiger partial charge in [0.05, 0.1) is 0 Å². The molecular formula is C21H31N5O. The summed E-state index contributed by atoms with van der Waals surface area (Å²) in [5.41, 5.74) is 1.82. The second-order valence-corrected chi connectivity index (χ2v) is 7.79. The summed E-state index contributed by atoms with van der Waals surface area (Å²) in [4.78, 5) is 23.7. The van der Waals surface area contributed by atoms with E-state index in [0.29, 0.717) is 5.92 Å². The number of carbonyl (C=O) groups is 1. The van der Waals surface area contributed by atoms with Crippen LogP contribution in [0.3, 0.4) is 0 Å². The number of piperidine rings is 1. The van der Waals surface area contributed by atoms with Crippen molar-refractivity contribution in [3.8, 4) is 0 Å². The Labute approximate surface area is 162 Å². The van der Waals surface area contributed by atoms with Crippen LogP contribution in [0.15, 0.2) is 36.7 Å². The number of nitrogens with zero attached hydrogens (tertiary/aromatic N) is 5. The number of hydrogen-bond acceptors (Lipinski definition) is 4. The van der Waals surface area contributed by atoms with Crippen LogP contribution in [0.2, 0.25) is 0 Å². The van der Waals surface area contributed by atoms with E-state index in [-0.39, 0.29) is 5.91 Å². The van der Waals surface area contributed by atoms with Crippen LogP contribution >= 0.6 is 0 Å². The first-order valence-electron chi connectivity index (χ1n) is 9.68. The molecule has 2 heterocycles. The highest BCUT2D eigenvalue weighted by molar-refractivity contribution is 5.95. The maximum atomic E-state index is 12.9. The molecule has 2 aromatic rings. The molecule has 27 heavy (non-hydrogen) atoms. The van der Waals surface area contributed by atoms with Gasteiger partial charge in [0.1, 0.15) is 5.82 Å². The molecule has 0 bridgehead atoms. The van der Waals surface area contributed by atoms with Crippen LogP contribution in [-0.2, 0) is 6.54 Å². The molecule has 0 saturated carbocycles. The first-order valence-corrected chi connectivity index (χ1v) is 9.68. The summed E-state index contributed by atoms with van der Waals surface area (Å²) in [5.74, 6) is 1.73. The fourth-order valence-electron chi connectivity index (χ4n) is 3.62. The zero-order valence-corrected chi connectivity index (χ0v) is 16.9. The molecule has 1 aromatic heterocycles. The number of carbonyl (C=O) groups excluding carboxylic acids is 1. The van der Waals surface area contributed by atoms with E-state index >= 15 is 0 Å². The highest BCUT2D eigenvalue weighted by Gasteiger charge is 2.27. The van der Waals surface area contributed by atoms with Gasteiger partial charge in [-0.3, -0.25) is 4.79 Å². The maximum Gasteiger partial charge on any atom is 0.253 e. The van der Waals surface area contributed by atoms with Gasteiger partial charge in [-0.25, -0.2) is 4.98 Å². The smallest absolute Gasteiger partial charge is 0.253 e. The van der Waals surface area contributed by atoms with E-state index in [1.165, 1.54) is 5.82 Å². The molecule has 1 aromatic carbocycles. The summed E-state index contributed by atoms with van der Waals surface area (Å²) in [5, 5.41) is 0. The van der Waals surface area contributed by atoms with Crippen molar-refractivity contribution in [2.24, 2.45) is 0 Å². The largest absolute Gasteiger partial charge is 0.378 e. The first-order chi connectivity index (χ1) is 13.0. The number of anilines is 1. The van der Waals surface area contributed by atoms with Gasteiger partial charge in [0.2, 0.25) is 0 Å². The van der Waals surface area contributed by atoms with Crippen LogP contribution in [0.25, 0.3) is 0 Å². The molecule has 0 N–H and O–H groups in total. The van der Waals surface area contributed by atoms with E-state index in [0.717, 1.165) is 50.3 Å². The zero-order valence-electron chi connectivity index (χ0n) is 16.9. The van der Waals surface area contributed by atoms with Gasteiger partial charge >= 0.3 is 0 Å². The Kier molecular flexibility index (Phi) is 6.16. The van der Waals surface area contributed by atoms with E-state index in [1.807, 2.05) is 54.4 Å². The number of amides is 1. The van der Waals surface area contributed by atoms with E-state index in [2.05, 4.69) is 34.7 Å². The minimum absolute atomic E-state index is 0.132. The van der Waals surface area contributed by atoms with Crippen LogP contribution in [0, 0.1) is 0 Å². The Morgan fingerprint density at radius 1 is 1.19 bits per heavy atom. The summed E-state index contributed by atoms with van der Waals surface area (Å²) in [6.07, 6.45) is 5.91. The lowest BCUT2D eigenvalue weighted by atomic mass is 9.95. The van der Waals surface area contributed by atoms with Crippen molar-refractivity contribution in [1.29, 1.82) is 0 Å². The van der Waals surface area contributed by atoms with Crippen molar-refractivity contribution in [2.45, 2.75) is 25.3 Å². The minimum atomic E-state index is 0.132. The van der Waals surface area contributed by atoms with Crippen LogP contribution < -0.4 is 4.90 Å². The standard InChI is InChI=1S/C21H31N5O/c1-23(2)14-15-25-13-10-22-20(25)17-8-11-26(12-9-17)21(27)18-6-5-7-19(16-18)24(3)4/h5-7,10,13,16-17H,8-9,11-12,14-15H2,1-4H3. The highest BCUT2D eigenvalue weighted by atomic mass is 16.2. The summed E-state index contributed by atoms with van der Waals surface area (Å²) in [6.45, 7) is 3.54. The van der Waals surface area contributed by atoms with Gasteiger partial charge in [-0.2, -0.15) is 0 Å². The molecule has 6 heteroatoms. The SMILES string of the molecule is CN(C)CCn1ccnc1C1CCN(C(=O)c2cccc(N(C)C)c2)CC1. The van der Waals surface area contributed by atoms with Crippen LogP contribution in [0.1, 0.15) is 34.9 Å². The van der Waals surface area contributed by atoms with Gasteiger partial charge in [0, 0.05) is 69.8 Å². The normalized spacial score (nSPS) is 15.4. The lowest BCUT2D eigenvalue weighted by Gasteiger charge is -2.32. The summed E-state index contributed by atoms with van der Waals surface area (Å²) >= 11 is 0. The molecule has 0 spiro atoms. The Morgan fingerprint density at radius 3 is 2.59 bits per heavy atom. The summed E-state index contributed by atoms with van der Waals surface area (Å²) in [7, 11) is 8.17. The number of rotatable bonds is 6. The topological polar surface area (TPSA) is 44.6 Å². The van der Waals surface area contributed by atoms with Crippen molar-refractivity contribution >= 4 is 11.6 Å². The summed E-state index contributed by atoms with van der Waals surface area (Å²) < 4.78 is 2.27. The molecule has 1 fully saturated rings. The van der Waals surface area contributed by atoms with Gasteiger partial charge < -0.3 is 19.3 Å². The third-order valence-corrected chi connectivity index (χ3v) is 5.29. The van der Waals surface area contributed by atoms with Crippen molar-refractivity contribution in [1.82, 2.24) is 19.4 Å². The molecular weight excluding hydrogens is 338 g/mol. The second-order valence-electron chi connectivity index (χ2n) is 7.79. The minimum Gasteiger partial charge on any atom is -0.378 e. The third-order valence-electron chi connectivity index (χ3n) is 5.29. The molecule has 1 aliphatic heterocycles. The fraction of sp³-hybridized carbons (Fsp3) is 0.524. The Hall–Kier alpha value is -2.34. The number of benzene rings is 1. The number of likely N-dealkylation sites (N-methyl/N-ethyl adjacent to an activating group) is 1. The maximum absolute atomic E-state index is 12.9. The average Bonchev–Trinajstić information content (AvgIpc) is 3.14. The van der Waals surface area contributed by atoms with E-state index in [9.17, 15) is 4.79 Å². The Morgan fingerprint density at radius 2 is 1.93 bits per heavy atom. The lowest BCUT2D eigenvalue weighted by molar-refractivity contribution is 0.0710. The number of likely N-dealkylation sites (tertiary alicyclic amines) is 1. The highest BCUT2D eigenvalue weighted by Crippen LogP contribution is 2.28. The van der Waals surface area contributed by atoms with E-state index in [1.54, 1.807) is 0 Å². The van der Waals surface area contributed by atoms with Gasteiger partial charge in [-0.1, -0.05) is 6.07 Å². The molecule has 6 nitrogen and oxygen atoms in total. The van der Waals surface area contributed by atoms with E-state index in [4.69, 9.17) is 0 Å². The molecule has 146 valence electrons. The number of imidazole rings is 1. The predicted octanol–water partition coefficient (Wildman–Crippen LogP) is 2.53. The molecule has 0 aliphatic carbocycles. The second kappa shape index (κ2) is 8.57. The third kappa shape index (κ3) is 4.69. The molecule has 0 atom stereocenters. The van der Waals surface area contributed by atoms with Crippen molar-refractivity contribution < 1.29 is 4.79 Å². The van der Waals surface area contributed by atoms with Crippen LogP contribution in [-0.4, -0.2) is 73.1 Å². The zero-order chi connectivity index (χ0) is 19.4. The van der Waals surface area contributed by atoms with Gasteiger partial charge in [0.25, 0.3) is 5.91 Å². The summed E-state index contributed by atoms with van der Waals surface area (Å²) in [6, 6.07) is 7.87. The lowest BCUT2D eigenvalue weighted by Crippen LogP contribution is -2.38. The van der Waals surface area contributed by atoms with Crippen LogP contribution in [0.5, 0.6) is 0 Å². The van der Waals surface area contributed by atoms with Gasteiger partial charge in [0.15, 0.2) is 0 Å². The number of hydrogen-bond donors (Lipinski definition) is 0. The molecule has 1 aliphatic rings. The van der Waals surface area contributed by atoms with Gasteiger partial charge in [-0.15, -0.1) is 0 Å². The molecule has 3 rings (SSSR count). The molecule has 1 amide bonds. The quantitative estimate of drug-likeness (QED) is 0.785. The molecule has 1 saturated heterocycles. The Bertz CT molecular complexity index is 759.